The molecular weight excluding hydrogens is 276 g/mol. The van der Waals surface area contributed by atoms with E-state index in [9.17, 15) is 4.79 Å². The molecule has 0 bridgehead atoms. The Bertz CT molecular complexity index is 670. The molecule has 114 valence electrons. The quantitative estimate of drug-likeness (QED) is 0.882. The summed E-state index contributed by atoms with van der Waals surface area (Å²) in [6, 6.07) is 15.4. The van der Waals surface area contributed by atoms with Crippen molar-refractivity contribution in [3.8, 4) is 5.75 Å². The number of hydrogen-bond acceptors (Lipinski definition) is 3. The van der Waals surface area contributed by atoms with Crippen LogP contribution < -0.4 is 15.4 Å². The number of nitrogen functional groups attached to an aromatic ring is 1. The molecule has 0 saturated carbocycles. The lowest BCUT2D eigenvalue weighted by atomic mass is 10.0. The number of ether oxygens (including phenoxy) is 1. The Morgan fingerprint density at radius 3 is 2.68 bits per heavy atom. The number of benzene rings is 2. The van der Waals surface area contributed by atoms with Crippen LogP contribution in [0.3, 0.4) is 0 Å². The third kappa shape index (κ3) is 2.77. The Hall–Kier alpha value is -2.49. The Kier molecular flexibility index (Phi) is 4.00. The van der Waals surface area contributed by atoms with Crippen LogP contribution in [-0.2, 0) is 11.2 Å². The fourth-order valence-corrected chi connectivity index (χ4v) is 2.76. The van der Waals surface area contributed by atoms with E-state index < -0.39 is 6.10 Å². The maximum absolute atomic E-state index is 12.7. The van der Waals surface area contributed by atoms with Gasteiger partial charge in [-0.05, 0) is 24.1 Å². The van der Waals surface area contributed by atoms with Crippen LogP contribution >= 0.6 is 0 Å². The van der Waals surface area contributed by atoms with E-state index in [1.807, 2.05) is 41.3 Å². The molecule has 4 heteroatoms. The normalized spacial score (nSPS) is 17.0. The minimum absolute atomic E-state index is 0.0166. The Morgan fingerprint density at radius 1 is 1.18 bits per heavy atom. The summed E-state index contributed by atoms with van der Waals surface area (Å²) < 4.78 is 5.93. The number of amides is 1. The summed E-state index contributed by atoms with van der Waals surface area (Å²) >= 11 is 0. The summed E-state index contributed by atoms with van der Waals surface area (Å²) in [5, 5.41) is 0. The van der Waals surface area contributed by atoms with Crippen LogP contribution in [0.5, 0.6) is 5.75 Å². The third-order valence-electron chi connectivity index (χ3n) is 3.80. The van der Waals surface area contributed by atoms with E-state index in [1.165, 1.54) is 0 Å². The number of rotatable bonds is 4. The van der Waals surface area contributed by atoms with Gasteiger partial charge in [-0.1, -0.05) is 37.3 Å². The van der Waals surface area contributed by atoms with Gasteiger partial charge in [0.2, 0.25) is 0 Å². The SMILES string of the molecule is CCCN1C(=O)C(Cc2ccccc2)Oc2cc(N)ccc21. The van der Waals surface area contributed by atoms with Gasteiger partial charge >= 0.3 is 0 Å². The maximum Gasteiger partial charge on any atom is 0.268 e. The van der Waals surface area contributed by atoms with Crippen molar-refractivity contribution < 1.29 is 9.53 Å². The van der Waals surface area contributed by atoms with Crippen LogP contribution in [0.2, 0.25) is 0 Å². The monoisotopic (exact) mass is 296 g/mol. The molecule has 2 aromatic carbocycles. The first-order valence-electron chi connectivity index (χ1n) is 7.60. The predicted molar refractivity (Wildman–Crippen MR) is 88.1 cm³/mol. The molecule has 1 heterocycles. The molecule has 22 heavy (non-hydrogen) atoms. The first-order valence-corrected chi connectivity index (χ1v) is 7.60. The zero-order chi connectivity index (χ0) is 15.5. The average molecular weight is 296 g/mol. The van der Waals surface area contributed by atoms with Gasteiger partial charge in [-0.25, -0.2) is 0 Å². The lowest BCUT2D eigenvalue weighted by Gasteiger charge is -2.34. The van der Waals surface area contributed by atoms with E-state index >= 15 is 0 Å². The molecule has 0 spiro atoms. The van der Waals surface area contributed by atoms with Gasteiger partial charge in [0.15, 0.2) is 6.10 Å². The van der Waals surface area contributed by atoms with Crippen molar-refractivity contribution in [1.82, 2.24) is 0 Å². The van der Waals surface area contributed by atoms with Gasteiger partial charge in [-0.15, -0.1) is 0 Å². The standard InChI is InChI=1S/C18H20N2O2/c1-2-10-20-15-9-8-14(19)12-16(15)22-17(18(20)21)11-13-6-4-3-5-7-13/h3-9,12,17H,2,10-11,19H2,1H3. The van der Waals surface area contributed by atoms with Crippen LogP contribution in [0.15, 0.2) is 48.5 Å². The summed E-state index contributed by atoms with van der Waals surface area (Å²) in [6.07, 6.45) is 0.963. The topological polar surface area (TPSA) is 55.6 Å². The van der Waals surface area contributed by atoms with E-state index in [2.05, 4.69) is 6.92 Å². The number of anilines is 2. The Labute approximate surface area is 130 Å². The molecule has 1 aliphatic heterocycles. The zero-order valence-corrected chi connectivity index (χ0v) is 12.7. The molecular formula is C18H20N2O2. The lowest BCUT2D eigenvalue weighted by Crippen LogP contribution is -2.47. The molecule has 1 aliphatic rings. The van der Waals surface area contributed by atoms with Gasteiger partial charge in [0.05, 0.1) is 5.69 Å². The fraction of sp³-hybridized carbons (Fsp3) is 0.278. The second-order valence-corrected chi connectivity index (χ2v) is 5.51. The van der Waals surface area contributed by atoms with Crippen LogP contribution in [0.1, 0.15) is 18.9 Å². The molecule has 0 saturated heterocycles. The molecule has 1 atom stereocenters. The van der Waals surface area contributed by atoms with Crippen molar-refractivity contribution in [3.63, 3.8) is 0 Å². The number of nitrogens with zero attached hydrogens (tertiary/aromatic N) is 1. The average Bonchev–Trinajstić information content (AvgIpc) is 2.52. The van der Waals surface area contributed by atoms with Crippen molar-refractivity contribution in [2.24, 2.45) is 0 Å². The van der Waals surface area contributed by atoms with Crippen molar-refractivity contribution in [3.05, 3.63) is 54.1 Å². The second-order valence-electron chi connectivity index (χ2n) is 5.51. The Balaban J connectivity index is 1.92. The highest BCUT2D eigenvalue weighted by molar-refractivity contribution is 6.00. The van der Waals surface area contributed by atoms with Crippen molar-refractivity contribution in [1.29, 1.82) is 0 Å². The largest absolute Gasteiger partial charge is 0.478 e. The first-order chi connectivity index (χ1) is 10.7. The highest BCUT2D eigenvalue weighted by atomic mass is 16.5. The van der Waals surface area contributed by atoms with E-state index in [1.54, 1.807) is 12.1 Å². The van der Waals surface area contributed by atoms with Gasteiger partial charge in [0.25, 0.3) is 5.91 Å². The van der Waals surface area contributed by atoms with Gasteiger partial charge in [0.1, 0.15) is 5.75 Å². The van der Waals surface area contributed by atoms with Crippen molar-refractivity contribution >= 4 is 17.3 Å². The molecule has 1 unspecified atom stereocenters. The summed E-state index contributed by atoms with van der Waals surface area (Å²) in [5.74, 6) is 0.706. The van der Waals surface area contributed by atoms with Crippen LogP contribution in [0, 0.1) is 0 Å². The molecule has 0 aliphatic carbocycles. The highest BCUT2D eigenvalue weighted by Crippen LogP contribution is 2.36. The molecule has 4 nitrogen and oxygen atoms in total. The molecule has 0 aromatic heterocycles. The van der Waals surface area contributed by atoms with Gasteiger partial charge in [-0.3, -0.25) is 4.79 Å². The predicted octanol–water partition coefficient (Wildman–Crippen LogP) is 3.02. The minimum Gasteiger partial charge on any atom is -0.478 e. The lowest BCUT2D eigenvalue weighted by molar-refractivity contribution is -0.126. The van der Waals surface area contributed by atoms with E-state index in [-0.39, 0.29) is 5.91 Å². The highest BCUT2D eigenvalue weighted by Gasteiger charge is 2.34. The molecule has 2 aromatic rings. The maximum atomic E-state index is 12.7. The fourth-order valence-electron chi connectivity index (χ4n) is 2.76. The van der Waals surface area contributed by atoms with Crippen LogP contribution in [0.25, 0.3) is 0 Å². The third-order valence-corrected chi connectivity index (χ3v) is 3.80. The van der Waals surface area contributed by atoms with Gasteiger partial charge in [-0.2, -0.15) is 0 Å². The summed E-state index contributed by atoms with van der Waals surface area (Å²) in [5.41, 5.74) is 8.39. The smallest absolute Gasteiger partial charge is 0.268 e. The molecule has 2 N–H and O–H groups in total. The number of carbonyl (C=O) groups excluding carboxylic acids is 1. The first kappa shape index (κ1) is 14.4. The molecule has 0 radical (unpaired) electrons. The van der Waals surface area contributed by atoms with Crippen molar-refractivity contribution in [2.75, 3.05) is 17.2 Å². The van der Waals surface area contributed by atoms with Gasteiger partial charge < -0.3 is 15.4 Å². The second kappa shape index (κ2) is 6.10. The van der Waals surface area contributed by atoms with Crippen LogP contribution in [0.4, 0.5) is 11.4 Å². The zero-order valence-electron chi connectivity index (χ0n) is 12.7. The summed E-state index contributed by atoms with van der Waals surface area (Å²) in [7, 11) is 0. The number of carbonyl (C=O) groups is 1. The van der Waals surface area contributed by atoms with E-state index in [0.717, 1.165) is 17.7 Å². The number of nitrogens with two attached hydrogens (primary N) is 1. The Morgan fingerprint density at radius 2 is 1.95 bits per heavy atom. The summed E-state index contributed by atoms with van der Waals surface area (Å²) in [4.78, 5) is 14.5. The van der Waals surface area contributed by atoms with Crippen LogP contribution in [-0.4, -0.2) is 18.6 Å². The van der Waals surface area contributed by atoms with E-state index in [0.29, 0.717) is 24.4 Å². The number of hydrogen-bond donors (Lipinski definition) is 1. The van der Waals surface area contributed by atoms with E-state index in [4.69, 9.17) is 10.5 Å². The summed E-state index contributed by atoms with van der Waals surface area (Å²) in [6.45, 7) is 2.75. The van der Waals surface area contributed by atoms with Gasteiger partial charge in [0, 0.05) is 24.7 Å². The molecule has 1 amide bonds. The molecule has 0 fully saturated rings. The van der Waals surface area contributed by atoms with Crippen molar-refractivity contribution in [2.45, 2.75) is 25.9 Å². The minimum atomic E-state index is -0.497. The number of fused-ring (bicyclic) bond motifs is 1. The molecule has 3 rings (SSSR count).